The summed E-state index contributed by atoms with van der Waals surface area (Å²) in [6, 6.07) is 20.5. The average molecular weight is 682 g/mol. The molecule has 4 aromatic rings. The maximum atomic E-state index is 13.7. The predicted molar refractivity (Wildman–Crippen MR) is 165 cm³/mol. The van der Waals surface area contributed by atoms with Crippen molar-refractivity contribution in [3.63, 3.8) is 0 Å². The Kier molecular flexibility index (Phi) is 6.27. The molecule has 0 spiro atoms. The third-order valence-electron chi connectivity index (χ3n) is 7.92. The van der Waals surface area contributed by atoms with Gasteiger partial charge in [-0.05, 0) is 60.7 Å². The number of anilines is 1. The minimum absolute atomic E-state index is 0.114. The second kappa shape index (κ2) is 9.94. The molecule has 2 heterocycles. The Bertz CT molecular complexity index is 1950. The summed E-state index contributed by atoms with van der Waals surface area (Å²) in [7, 11) is 0. The van der Waals surface area contributed by atoms with E-state index in [1.807, 2.05) is 38.1 Å². The average Bonchev–Trinajstić information content (AvgIpc) is 3.58. The number of carbonyl (C=O) groups excluding carboxylic acids is 4. The number of Topliss-reactive ketones (excluding diaryl/α,β-unsaturated/α-hetero) is 3. The number of nitrogens with zero attached hydrogens (tertiary/aromatic N) is 4. The minimum atomic E-state index is -0.920. The number of hydrogen-bond acceptors (Lipinski definition) is 8. The van der Waals surface area contributed by atoms with Crippen molar-refractivity contribution in [3.8, 4) is 0 Å². The summed E-state index contributed by atoms with van der Waals surface area (Å²) in [6.07, 6.45) is 3.05. The number of ketones is 4. The van der Waals surface area contributed by atoms with Crippen LogP contribution in [-0.2, 0) is 16.1 Å². The first-order valence-electron chi connectivity index (χ1n) is 13.6. The van der Waals surface area contributed by atoms with E-state index in [0.29, 0.717) is 39.4 Å². The van der Waals surface area contributed by atoms with Gasteiger partial charge in [0.25, 0.3) is 0 Å². The molecule has 1 aromatic heterocycles. The zero-order valence-corrected chi connectivity index (χ0v) is 25.2. The van der Waals surface area contributed by atoms with Gasteiger partial charge in [-0.2, -0.15) is 0 Å². The monoisotopic (exact) mass is 682 g/mol. The number of halogens is 1. The van der Waals surface area contributed by atoms with Crippen LogP contribution < -0.4 is 4.90 Å². The van der Waals surface area contributed by atoms with Gasteiger partial charge in [-0.15, -0.1) is 5.10 Å². The van der Waals surface area contributed by atoms with Crippen molar-refractivity contribution in [2.45, 2.75) is 32.0 Å². The SMILES string of the molecule is CC1(C)OC2=C(C(=O)C(=O)c3ccccc32)C1n1cc(CN(C2=CC(=O)c3ccccc3C2=O)c2ccc(I)cc2)nn1. The number of aromatic nitrogens is 3. The van der Waals surface area contributed by atoms with Gasteiger partial charge in [0.05, 0.1) is 24.0 Å². The Morgan fingerprint density at radius 2 is 1.47 bits per heavy atom. The van der Waals surface area contributed by atoms with E-state index in [1.54, 1.807) is 64.3 Å². The van der Waals surface area contributed by atoms with Gasteiger partial charge in [0.1, 0.15) is 23.1 Å². The molecule has 1 unspecified atom stereocenters. The lowest BCUT2D eigenvalue weighted by molar-refractivity contribution is -0.112. The van der Waals surface area contributed by atoms with Gasteiger partial charge in [-0.25, -0.2) is 4.68 Å². The van der Waals surface area contributed by atoms with E-state index in [2.05, 4.69) is 32.9 Å². The molecule has 1 aliphatic heterocycles. The molecular formula is C33H23IN4O5. The molecule has 0 bridgehead atoms. The number of carbonyl (C=O) groups is 4. The summed E-state index contributed by atoms with van der Waals surface area (Å²) in [5, 5.41) is 8.76. The van der Waals surface area contributed by atoms with E-state index in [1.165, 1.54) is 6.08 Å². The Labute approximate surface area is 260 Å². The Hall–Kier alpha value is -4.71. The van der Waals surface area contributed by atoms with Gasteiger partial charge in [-0.3, -0.25) is 19.2 Å². The smallest absolute Gasteiger partial charge is 0.235 e. The van der Waals surface area contributed by atoms with Gasteiger partial charge in [0, 0.05) is 37.6 Å². The molecule has 10 heteroatoms. The number of rotatable bonds is 5. The number of ether oxygens (including phenoxy) is 1. The standard InChI is InChI=1S/C33H23IN4O5/c1-33(2)32(27-30(42)29(41)23-9-5-6-10-24(23)31(27)43-33)38-17-19(35-36-38)16-37(20-13-11-18(34)12-14-20)25-15-26(39)21-7-3-4-8-22(21)28(25)40/h3-15,17,32H,16H2,1-2H3. The molecular weight excluding hydrogens is 659 g/mol. The molecule has 0 radical (unpaired) electrons. The van der Waals surface area contributed by atoms with E-state index < -0.39 is 23.2 Å². The van der Waals surface area contributed by atoms with Crippen LogP contribution in [0.15, 0.2) is 96.3 Å². The van der Waals surface area contributed by atoms with Crippen LogP contribution in [0.25, 0.3) is 5.76 Å². The molecule has 0 N–H and O–H groups in total. The highest BCUT2D eigenvalue weighted by atomic mass is 127. The van der Waals surface area contributed by atoms with Crippen LogP contribution in [0.4, 0.5) is 5.69 Å². The van der Waals surface area contributed by atoms with Crippen molar-refractivity contribution in [3.05, 3.63) is 128 Å². The first-order valence-corrected chi connectivity index (χ1v) is 14.7. The second-order valence-corrected chi connectivity index (χ2v) is 12.3. The van der Waals surface area contributed by atoms with Crippen LogP contribution in [0.5, 0.6) is 0 Å². The number of allylic oxidation sites excluding steroid dienone is 2. The van der Waals surface area contributed by atoms with Gasteiger partial charge in [0.2, 0.25) is 17.3 Å². The van der Waals surface area contributed by atoms with Gasteiger partial charge in [-0.1, -0.05) is 53.7 Å². The quantitative estimate of drug-likeness (QED) is 0.204. The van der Waals surface area contributed by atoms with E-state index in [4.69, 9.17) is 4.74 Å². The van der Waals surface area contributed by atoms with Gasteiger partial charge >= 0.3 is 0 Å². The van der Waals surface area contributed by atoms with Crippen LogP contribution in [-0.4, -0.2) is 43.7 Å². The fourth-order valence-electron chi connectivity index (χ4n) is 5.96. The van der Waals surface area contributed by atoms with Crippen LogP contribution >= 0.6 is 22.6 Å². The first kappa shape index (κ1) is 27.1. The lowest BCUT2D eigenvalue weighted by Gasteiger charge is -2.28. The van der Waals surface area contributed by atoms with E-state index in [9.17, 15) is 19.2 Å². The maximum Gasteiger partial charge on any atom is 0.235 e. The van der Waals surface area contributed by atoms with Crippen LogP contribution in [0.2, 0.25) is 0 Å². The number of hydrogen-bond donors (Lipinski definition) is 0. The highest BCUT2D eigenvalue weighted by molar-refractivity contribution is 14.1. The third-order valence-corrected chi connectivity index (χ3v) is 8.64. The van der Waals surface area contributed by atoms with Crippen LogP contribution in [0.1, 0.15) is 62.2 Å². The summed E-state index contributed by atoms with van der Waals surface area (Å²) in [4.78, 5) is 54.9. The molecule has 0 amide bonds. The van der Waals surface area contributed by atoms with Gasteiger partial charge < -0.3 is 9.64 Å². The Morgan fingerprint density at radius 1 is 0.837 bits per heavy atom. The zero-order valence-electron chi connectivity index (χ0n) is 23.1. The lowest BCUT2D eigenvalue weighted by Crippen LogP contribution is -2.35. The van der Waals surface area contributed by atoms with Crippen LogP contribution in [0.3, 0.4) is 0 Å². The van der Waals surface area contributed by atoms with Crippen molar-refractivity contribution >= 4 is 57.2 Å². The number of benzene rings is 3. The van der Waals surface area contributed by atoms with Crippen molar-refractivity contribution in [2.24, 2.45) is 0 Å². The molecule has 3 aliphatic rings. The molecule has 9 nitrogen and oxygen atoms in total. The highest BCUT2D eigenvalue weighted by Crippen LogP contribution is 2.49. The van der Waals surface area contributed by atoms with Crippen LogP contribution in [0, 0.1) is 3.57 Å². The first-order chi connectivity index (χ1) is 20.6. The van der Waals surface area contributed by atoms with Crippen molar-refractivity contribution < 1.29 is 23.9 Å². The molecule has 0 saturated heterocycles. The highest BCUT2D eigenvalue weighted by Gasteiger charge is 2.52. The molecule has 7 rings (SSSR count). The molecule has 0 fully saturated rings. The molecule has 1 atom stereocenters. The fourth-order valence-corrected chi connectivity index (χ4v) is 6.32. The summed E-state index contributed by atoms with van der Waals surface area (Å²) in [5.74, 6) is -1.36. The fraction of sp³-hybridized carbons (Fsp3) is 0.152. The topological polar surface area (TPSA) is 111 Å². The van der Waals surface area contributed by atoms with Crippen molar-refractivity contribution in [2.75, 3.05) is 4.90 Å². The number of fused-ring (bicyclic) bond motifs is 3. The largest absolute Gasteiger partial charge is 0.484 e. The molecule has 3 aromatic carbocycles. The summed E-state index contributed by atoms with van der Waals surface area (Å²) >= 11 is 2.20. The van der Waals surface area contributed by atoms with Gasteiger partial charge in [0.15, 0.2) is 5.78 Å². The predicted octanol–water partition coefficient (Wildman–Crippen LogP) is 5.38. The Balaban J connectivity index is 1.28. The third kappa shape index (κ3) is 4.35. The summed E-state index contributed by atoms with van der Waals surface area (Å²) < 4.78 is 8.86. The minimum Gasteiger partial charge on any atom is -0.484 e. The van der Waals surface area contributed by atoms with Crippen molar-refractivity contribution in [1.29, 1.82) is 0 Å². The molecule has 0 saturated carbocycles. The van der Waals surface area contributed by atoms with E-state index in [-0.39, 0.29) is 29.4 Å². The molecule has 212 valence electrons. The zero-order chi connectivity index (χ0) is 30.0. The second-order valence-electron chi connectivity index (χ2n) is 11.1. The van der Waals surface area contributed by atoms with E-state index >= 15 is 0 Å². The lowest BCUT2D eigenvalue weighted by atomic mass is 9.83. The van der Waals surface area contributed by atoms with E-state index in [0.717, 1.165) is 3.57 Å². The molecule has 2 aliphatic carbocycles. The summed E-state index contributed by atoms with van der Waals surface area (Å²) in [5.41, 5.74) is 2.33. The normalized spacial score (nSPS) is 18.6. The summed E-state index contributed by atoms with van der Waals surface area (Å²) in [6.45, 7) is 3.79. The Morgan fingerprint density at radius 3 is 2.16 bits per heavy atom. The van der Waals surface area contributed by atoms with Crippen molar-refractivity contribution in [1.82, 2.24) is 15.0 Å². The maximum absolute atomic E-state index is 13.7. The molecule has 43 heavy (non-hydrogen) atoms.